The molecule has 5 nitrogen and oxygen atoms in total. The van der Waals surface area contributed by atoms with Crippen molar-refractivity contribution in [3.05, 3.63) is 23.5 Å². The fraction of sp³-hybridized carbons (Fsp3) is 0. The maximum atomic E-state index is 10.5. The van der Waals surface area contributed by atoms with Crippen LogP contribution in [0.25, 0.3) is 6.08 Å². The van der Waals surface area contributed by atoms with Crippen molar-refractivity contribution in [2.24, 2.45) is 0 Å². The van der Waals surface area contributed by atoms with E-state index in [0.29, 0.717) is 5.56 Å². The van der Waals surface area contributed by atoms with Gasteiger partial charge in [-0.1, -0.05) is 0 Å². The van der Waals surface area contributed by atoms with Crippen LogP contribution < -0.4 is 0 Å². The Morgan fingerprint density at radius 3 is 3.17 bits per heavy atom. The average Bonchev–Trinajstić information content (AvgIpc) is 2.48. The van der Waals surface area contributed by atoms with Crippen molar-refractivity contribution in [1.29, 1.82) is 5.26 Å². The Morgan fingerprint density at radius 1 is 1.83 bits per heavy atom. The molecule has 1 heterocycles. The van der Waals surface area contributed by atoms with Crippen LogP contribution in [0.1, 0.15) is 16.1 Å². The quantitative estimate of drug-likeness (QED) is 0.626. The Morgan fingerprint density at radius 2 is 2.58 bits per heavy atom. The number of carboxylic acid groups (broad SMARTS) is 1. The van der Waals surface area contributed by atoms with Crippen LogP contribution in [0.5, 0.6) is 0 Å². The minimum Gasteiger partial charge on any atom is -0.477 e. The number of aromatic carboxylic acids is 1. The van der Waals surface area contributed by atoms with Gasteiger partial charge in [0.2, 0.25) is 0 Å². The van der Waals surface area contributed by atoms with Crippen LogP contribution >= 0.6 is 0 Å². The molecule has 0 saturated heterocycles. The van der Waals surface area contributed by atoms with Gasteiger partial charge in [0.1, 0.15) is 0 Å². The summed E-state index contributed by atoms with van der Waals surface area (Å²) in [5.74, 6) is -1.09. The molecule has 0 fully saturated rings. The lowest BCUT2D eigenvalue weighted by atomic mass is 10.2. The Labute approximate surface area is 67.9 Å². The first-order valence-electron chi connectivity index (χ1n) is 3.08. The summed E-state index contributed by atoms with van der Waals surface area (Å²) in [4.78, 5) is 10.5. The van der Waals surface area contributed by atoms with E-state index < -0.39 is 5.97 Å². The molecule has 12 heavy (non-hydrogen) atoms. The molecule has 0 atom stereocenters. The fourth-order valence-corrected chi connectivity index (χ4v) is 0.720. The second-order valence-corrected chi connectivity index (χ2v) is 1.97. The topological polar surface area (TPSA) is 89.8 Å². The van der Waals surface area contributed by atoms with Crippen molar-refractivity contribution in [2.75, 3.05) is 0 Å². The zero-order chi connectivity index (χ0) is 8.97. The van der Waals surface area contributed by atoms with Crippen LogP contribution in [-0.4, -0.2) is 21.3 Å². The lowest BCUT2D eigenvalue weighted by Crippen LogP contribution is -1.98. The van der Waals surface area contributed by atoms with Gasteiger partial charge in [0, 0.05) is 11.6 Å². The smallest absolute Gasteiger partial charge is 0.354 e. The van der Waals surface area contributed by atoms with E-state index in [1.807, 2.05) is 0 Å². The summed E-state index contributed by atoms with van der Waals surface area (Å²) in [6.45, 7) is 0. The van der Waals surface area contributed by atoms with Gasteiger partial charge in [0.05, 0.1) is 12.3 Å². The molecule has 5 heteroatoms. The molecule has 0 amide bonds. The van der Waals surface area contributed by atoms with Crippen LogP contribution in [0.3, 0.4) is 0 Å². The van der Waals surface area contributed by atoms with Gasteiger partial charge in [0.25, 0.3) is 0 Å². The maximum absolute atomic E-state index is 10.5. The predicted molar refractivity (Wildman–Crippen MR) is 40.2 cm³/mol. The number of hydrogen-bond acceptors (Lipinski definition) is 3. The molecule has 1 aromatic rings. The summed E-state index contributed by atoms with van der Waals surface area (Å²) in [7, 11) is 0. The molecule has 2 N–H and O–H groups in total. The first-order valence-corrected chi connectivity index (χ1v) is 3.08. The van der Waals surface area contributed by atoms with Gasteiger partial charge < -0.3 is 5.11 Å². The second kappa shape index (κ2) is 3.34. The van der Waals surface area contributed by atoms with Gasteiger partial charge in [-0.2, -0.15) is 10.4 Å². The lowest BCUT2D eigenvalue weighted by molar-refractivity contribution is 0.0690. The highest BCUT2D eigenvalue weighted by atomic mass is 16.4. The monoisotopic (exact) mass is 163 g/mol. The number of carboxylic acids is 1. The van der Waals surface area contributed by atoms with Crippen molar-refractivity contribution in [3.8, 4) is 6.07 Å². The third-order valence-electron chi connectivity index (χ3n) is 1.22. The van der Waals surface area contributed by atoms with E-state index in [1.165, 1.54) is 18.3 Å². The van der Waals surface area contributed by atoms with E-state index in [4.69, 9.17) is 10.4 Å². The zero-order valence-corrected chi connectivity index (χ0v) is 5.98. The maximum Gasteiger partial charge on any atom is 0.354 e. The number of hydrogen-bond donors (Lipinski definition) is 2. The normalized spacial score (nSPS) is 9.92. The van der Waals surface area contributed by atoms with Gasteiger partial charge in [-0.25, -0.2) is 4.79 Å². The third-order valence-corrected chi connectivity index (χ3v) is 1.22. The van der Waals surface area contributed by atoms with Crippen LogP contribution in [0.2, 0.25) is 0 Å². The molecule has 1 rings (SSSR count). The van der Waals surface area contributed by atoms with E-state index >= 15 is 0 Å². The summed E-state index contributed by atoms with van der Waals surface area (Å²) in [5.41, 5.74) is 0.380. The average molecular weight is 163 g/mol. The number of aromatic nitrogens is 2. The van der Waals surface area contributed by atoms with Crippen molar-refractivity contribution >= 4 is 12.0 Å². The molecule has 0 spiro atoms. The Bertz CT molecular complexity index is 359. The number of nitrogens with zero attached hydrogens (tertiary/aromatic N) is 2. The van der Waals surface area contributed by atoms with Crippen molar-refractivity contribution < 1.29 is 9.90 Å². The van der Waals surface area contributed by atoms with E-state index in [1.54, 1.807) is 6.07 Å². The van der Waals surface area contributed by atoms with Gasteiger partial charge in [-0.05, 0) is 6.08 Å². The summed E-state index contributed by atoms with van der Waals surface area (Å²) < 4.78 is 0. The molecule has 0 saturated carbocycles. The first-order chi connectivity index (χ1) is 5.75. The number of allylic oxidation sites excluding steroid dienone is 1. The second-order valence-electron chi connectivity index (χ2n) is 1.97. The molecule has 0 aromatic carbocycles. The Kier molecular flexibility index (Phi) is 2.23. The van der Waals surface area contributed by atoms with E-state index in [0.717, 1.165) is 0 Å². The Balaban J connectivity index is 3.01. The van der Waals surface area contributed by atoms with Crippen LogP contribution in [0.15, 0.2) is 12.3 Å². The molecule has 1 aromatic heterocycles. The lowest BCUT2D eigenvalue weighted by Gasteiger charge is -1.87. The molecule has 0 radical (unpaired) electrons. The van der Waals surface area contributed by atoms with Gasteiger partial charge in [-0.3, -0.25) is 5.10 Å². The van der Waals surface area contributed by atoms with Crippen molar-refractivity contribution in [1.82, 2.24) is 10.2 Å². The number of nitrogens with one attached hydrogen (secondary N) is 1. The summed E-state index contributed by atoms with van der Waals surface area (Å²) >= 11 is 0. The van der Waals surface area contributed by atoms with E-state index in [2.05, 4.69) is 10.2 Å². The van der Waals surface area contributed by atoms with E-state index in [-0.39, 0.29) is 5.69 Å². The Hall–Kier alpha value is -2.09. The number of aromatic amines is 1. The number of H-pyrrole nitrogens is 1. The first kappa shape index (κ1) is 8.01. The fourth-order valence-electron chi connectivity index (χ4n) is 0.720. The molecular weight excluding hydrogens is 158 g/mol. The third kappa shape index (κ3) is 1.49. The molecule has 0 bridgehead atoms. The van der Waals surface area contributed by atoms with E-state index in [9.17, 15) is 4.79 Å². The molecule has 60 valence electrons. The SMILES string of the molecule is N#CC=Cc1cn[nH]c1C(=O)O. The van der Waals surface area contributed by atoms with Gasteiger partial charge in [-0.15, -0.1) is 0 Å². The zero-order valence-electron chi connectivity index (χ0n) is 5.98. The number of rotatable bonds is 2. The van der Waals surface area contributed by atoms with Crippen LogP contribution in [0.4, 0.5) is 0 Å². The minimum atomic E-state index is -1.09. The van der Waals surface area contributed by atoms with Gasteiger partial charge in [0.15, 0.2) is 5.69 Å². The predicted octanol–water partition coefficient (Wildman–Crippen LogP) is 0.645. The summed E-state index contributed by atoms with van der Waals surface area (Å²) in [6.07, 6.45) is 3.92. The summed E-state index contributed by atoms with van der Waals surface area (Å²) in [6, 6.07) is 1.76. The molecule has 0 aliphatic rings. The highest BCUT2D eigenvalue weighted by Crippen LogP contribution is 2.05. The molecule has 0 unspecified atom stereocenters. The van der Waals surface area contributed by atoms with Gasteiger partial charge >= 0.3 is 5.97 Å². The largest absolute Gasteiger partial charge is 0.477 e. The van der Waals surface area contributed by atoms with Crippen LogP contribution in [-0.2, 0) is 0 Å². The molecule has 0 aliphatic carbocycles. The number of carbonyl (C=O) groups is 1. The van der Waals surface area contributed by atoms with Crippen molar-refractivity contribution in [2.45, 2.75) is 0 Å². The molecular formula is C7H5N3O2. The highest BCUT2D eigenvalue weighted by Gasteiger charge is 2.08. The minimum absolute atomic E-state index is 0.0125. The standard InChI is InChI=1S/C7H5N3O2/c8-3-1-2-5-4-9-10-6(5)7(11)12/h1-2,4H,(H,9,10)(H,11,12). The molecule has 0 aliphatic heterocycles. The highest BCUT2D eigenvalue weighted by molar-refractivity contribution is 5.89. The van der Waals surface area contributed by atoms with Crippen LogP contribution in [0, 0.1) is 11.3 Å². The van der Waals surface area contributed by atoms with Crippen molar-refractivity contribution in [3.63, 3.8) is 0 Å². The number of nitriles is 1. The summed E-state index contributed by atoms with van der Waals surface area (Å²) in [5, 5.41) is 22.6.